The number of hydrogen-bond acceptors (Lipinski definition) is 5. The lowest BCUT2D eigenvalue weighted by atomic mass is 10.1. The Bertz CT molecular complexity index is 564. The molecule has 0 bridgehead atoms. The van der Waals surface area contributed by atoms with Crippen LogP contribution < -0.4 is 4.74 Å². The van der Waals surface area contributed by atoms with E-state index in [0.717, 1.165) is 22.0 Å². The monoisotopic (exact) mass is 262 g/mol. The Morgan fingerprint density at radius 1 is 1.50 bits per heavy atom. The van der Waals surface area contributed by atoms with Crippen molar-refractivity contribution in [2.75, 3.05) is 0 Å². The predicted octanol–water partition coefficient (Wildman–Crippen LogP) is 3.23. The van der Waals surface area contributed by atoms with Crippen LogP contribution in [0.25, 0.3) is 0 Å². The van der Waals surface area contributed by atoms with E-state index in [2.05, 4.69) is 10.1 Å². The SMILES string of the molecule is CC(=NO)c1cccc(OCc2nc(C)cs2)c1. The molecule has 0 aliphatic carbocycles. The van der Waals surface area contributed by atoms with E-state index >= 15 is 0 Å². The van der Waals surface area contributed by atoms with Crippen molar-refractivity contribution < 1.29 is 9.94 Å². The van der Waals surface area contributed by atoms with Crippen LogP contribution in [0, 0.1) is 6.92 Å². The average Bonchev–Trinajstić information content (AvgIpc) is 2.81. The van der Waals surface area contributed by atoms with Crippen molar-refractivity contribution in [1.29, 1.82) is 0 Å². The molecule has 0 fully saturated rings. The largest absolute Gasteiger partial charge is 0.486 e. The second kappa shape index (κ2) is 5.64. The highest BCUT2D eigenvalue weighted by molar-refractivity contribution is 7.09. The summed E-state index contributed by atoms with van der Waals surface area (Å²) in [4.78, 5) is 4.33. The second-order valence-corrected chi connectivity index (χ2v) is 4.83. The van der Waals surface area contributed by atoms with Crippen LogP contribution in [-0.2, 0) is 6.61 Å². The minimum atomic E-state index is 0.456. The zero-order chi connectivity index (χ0) is 13.0. The van der Waals surface area contributed by atoms with Crippen molar-refractivity contribution in [3.05, 3.63) is 45.9 Å². The van der Waals surface area contributed by atoms with Gasteiger partial charge in [0.05, 0.1) is 5.71 Å². The molecule has 18 heavy (non-hydrogen) atoms. The van der Waals surface area contributed by atoms with Crippen molar-refractivity contribution >= 4 is 17.0 Å². The number of rotatable bonds is 4. The summed E-state index contributed by atoms with van der Waals surface area (Å²) in [6, 6.07) is 7.45. The number of nitrogens with zero attached hydrogens (tertiary/aromatic N) is 2. The molecule has 4 nitrogen and oxygen atoms in total. The maximum Gasteiger partial charge on any atom is 0.140 e. The minimum absolute atomic E-state index is 0.456. The fraction of sp³-hybridized carbons (Fsp3) is 0.231. The first-order valence-corrected chi connectivity index (χ1v) is 6.40. The average molecular weight is 262 g/mol. The predicted molar refractivity (Wildman–Crippen MR) is 71.6 cm³/mol. The Morgan fingerprint density at radius 3 is 3.00 bits per heavy atom. The molecule has 2 rings (SSSR count). The normalized spacial score (nSPS) is 11.6. The zero-order valence-electron chi connectivity index (χ0n) is 10.3. The molecule has 0 atom stereocenters. The molecular formula is C13H14N2O2S. The van der Waals surface area contributed by atoms with E-state index in [4.69, 9.17) is 9.94 Å². The van der Waals surface area contributed by atoms with E-state index in [1.165, 1.54) is 0 Å². The number of aryl methyl sites for hydroxylation is 1. The van der Waals surface area contributed by atoms with Gasteiger partial charge in [-0.1, -0.05) is 17.3 Å². The third-order valence-electron chi connectivity index (χ3n) is 2.43. The minimum Gasteiger partial charge on any atom is -0.486 e. The van der Waals surface area contributed by atoms with Gasteiger partial charge in [0, 0.05) is 16.6 Å². The van der Waals surface area contributed by atoms with Crippen LogP contribution in [0.15, 0.2) is 34.8 Å². The fourth-order valence-corrected chi connectivity index (χ4v) is 2.17. The summed E-state index contributed by atoms with van der Waals surface area (Å²) in [5.74, 6) is 0.739. The lowest BCUT2D eigenvalue weighted by Gasteiger charge is -2.05. The van der Waals surface area contributed by atoms with Crippen LogP contribution in [0.2, 0.25) is 0 Å². The van der Waals surface area contributed by atoms with Crippen molar-refractivity contribution in [2.24, 2.45) is 5.16 Å². The third kappa shape index (κ3) is 3.07. The molecule has 0 saturated carbocycles. The smallest absolute Gasteiger partial charge is 0.140 e. The lowest BCUT2D eigenvalue weighted by Crippen LogP contribution is -1.98. The maximum atomic E-state index is 8.73. The molecule has 0 saturated heterocycles. The molecule has 0 radical (unpaired) electrons. The van der Waals surface area contributed by atoms with Gasteiger partial charge in [0.2, 0.25) is 0 Å². The lowest BCUT2D eigenvalue weighted by molar-refractivity contribution is 0.305. The van der Waals surface area contributed by atoms with Crippen LogP contribution in [0.4, 0.5) is 0 Å². The summed E-state index contributed by atoms with van der Waals surface area (Å²) >= 11 is 1.58. The van der Waals surface area contributed by atoms with Crippen molar-refractivity contribution in [3.63, 3.8) is 0 Å². The fourth-order valence-electron chi connectivity index (χ4n) is 1.48. The highest BCUT2D eigenvalue weighted by Crippen LogP contribution is 2.17. The summed E-state index contributed by atoms with van der Waals surface area (Å²) < 4.78 is 5.65. The van der Waals surface area contributed by atoms with Crippen LogP contribution in [0.1, 0.15) is 23.2 Å². The number of aromatic nitrogens is 1. The van der Waals surface area contributed by atoms with Crippen molar-refractivity contribution in [3.8, 4) is 5.75 Å². The topological polar surface area (TPSA) is 54.7 Å². The van der Waals surface area contributed by atoms with Crippen molar-refractivity contribution in [1.82, 2.24) is 4.98 Å². The highest BCUT2D eigenvalue weighted by atomic mass is 32.1. The third-order valence-corrected chi connectivity index (χ3v) is 3.37. The number of oxime groups is 1. The Balaban J connectivity index is 2.05. The van der Waals surface area contributed by atoms with E-state index in [1.54, 1.807) is 18.3 Å². The van der Waals surface area contributed by atoms with Gasteiger partial charge in [0.1, 0.15) is 17.4 Å². The zero-order valence-corrected chi connectivity index (χ0v) is 11.1. The molecule has 1 heterocycles. The van der Waals surface area contributed by atoms with E-state index < -0.39 is 0 Å². The Kier molecular flexibility index (Phi) is 3.94. The molecule has 1 N–H and O–H groups in total. The molecule has 0 spiro atoms. The first-order valence-electron chi connectivity index (χ1n) is 5.52. The Labute approximate surface area is 110 Å². The molecule has 0 aliphatic rings. The van der Waals surface area contributed by atoms with Gasteiger partial charge in [-0.05, 0) is 26.0 Å². The van der Waals surface area contributed by atoms with Gasteiger partial charge in [0.25, 0.3) is 0 Å². The van der Waals surface area contributed by atoms with Gasteiger partial charge >= 0.3 is 0 Å². The van der Waals surface area contributed by atoms with Gasteiger partial charge in [-0.15, -0.1) is 11.3 Å². The van der Waals surface area contributed by atoms with Gasteiger partial charge in [-0.3, -0.25) is 0 Å². The summed E-state index contributed by atoms with van der Waals surface area (Å²) in [6.07, 6.45) is 0. The molecule has 0 amide bonds. The van der Waals surface area contributed by atoms with Crippen LogP contribution in [-0.4, -0.2) is 15.9 Å². The molecule has 1 aromatic carbocycles. The summed E-state index contributed by atoms with van der Waals surface area (Å²) in [5.41, 5.74) is 2.41. The highest BCUT2D eigenvalue weighted by Gasteiger charge is 2.03. The van der Waals surface area contributed by atoms with Gasteiger partial charge in [-0.25, -0.2) is 4.98 Å². The summed E-state index contributed by atoms with van der Waals surface area (Å²) in [6.45, 7) is 4.16. The van der Waals surface area contributed by atoms with Crippen LogP contribution in [0.5, 0.6) is 5.75 Å². The first-order chi connectivity index (χ1) is 8.69. The van der Waals surface area contributed by atoms with E-state index in [-0.39, 0.29) is 0 Å². The molecule has 2 aromatic rings. The van der Waals surface area contributed by atoms with Crippen LogP contribution in [0.3, 0.4) is 0 Å². The molecule has 0 unspecified atom stereocenters. The summed E-state index contributed by atoms with van der Waals surface area (Å²) in [7, 11) is 0. The Hall–Kier alpha value is -1.88. The van der Waals surface area contributed by atoms with Crippen LogP contribution >= 0.6 is 11.3 Å². The van der Waals surface area contributed by atoms with Gasteiger partial charge in [0.15, 0.2) is 0 Å². The number of ether oxygens (including phenoxy) is 1. The molecule has 0 aliphatic heterocycles. The first kappa shape index (κ1) is 12.6. The van der Waals surface area contributed by atoms with E-state index in [1.807, 2.05) is 36.6 Å². The Morgan fingerprint density at radius 2 is 2.33 bits per heavy atom. The van der Waals surface area contributed by atoms with E-state index in [0.29, 0.717) is 12.3 Å². The second-order valence-electron chi connectivity index (χ2n) is 3.88. The summed E-state index contributed by atoms with van der Waals surface area (Å²) in [5, 5.41) is 14.8. The molecule has 5 heteroatoms. The molecular weight excluding hydrogens is 248 g/mol. The molecule has 1 aromatic heterocycles. The quantitative estimate of drug-likeness (QED) is 0.523. The molecule has 94 valence electrons. The van der Waals surface area contributed by atoms with E-state index in [9.17, 15) is 0 Å². The maximum absolute atomic E-state index is 8.73. The standard InChI is InChI=1S/C13H14N2O2S/c1-9-8-18-13(14-9)7-17-12-5-3-4-11(6-12)10(2)15-16/h3-6,8,16H,7H2,1-2H3. The number of thiazole rings is 1. The number of benzene rings is 1. The van der Waals surface area contributed by atoms with Gasteiger partial charge < -0.3 is 9.94 Å². The van der Waals surface area contributed by atoms with Crippen molar-refractivity contribution in [2.45, 2.75) is 20.5 Å². The number of hydrogen-bond donors (Lipinski definition) is 1. The van der Waals surface area contributed by atoms with Gasteiger partial charge in [-0.2, -0.15) is 0 Å².